The Labute approximate surface area is 134 Å². The first kappa shape index (κ1) is 18.5. The van der Waals surface area contributed by atoms with E-state index in [1.807, 2.05) is 11.8 Å². The van der Waals surface area contributed by atoms with Crippen LogP contribution in [0.5, 0.6) is 0 Å². The second-order valence-corrected chi connectivity index (χ2v) is 6.28. The van der Waals surface area contributed by atoms with Crippen molar-refractivity contribution in [2.75, 3.05) is 45.6 Å². The molecule has 1 N–H and O–H groups in total. The van der Waals surface area contributed by atoms with Crippen molar-refractivity contribution in [1.82, 2.24) is 10.2 Å². The average Bonchev–Trinajstić information content (AvgIpc) is 2.50. The molecule has 0 bridgehead atoms. The molecule has 0 heterocycles. The molecule has 0 unspecified atom stereocenters. The molecule has 0 spiro atoms. The molecule has 0 radical (unpaired) electrons. The van der Waals surface area contributed by atoms with Gasteiger partial charge in [0.05, 0.1) is 6.61 Å². The van der Waals surface area contributed by atoms with Crippen LogP contribution in [-0.2, 0) is 11.3 Å². The van der Waals surface area contributed by atoms with E-state index in [1.165, 1.54) is 16.0 Å². The SMILES string of the molecule is CCN(CC)CCSc1ccc(CNCCOC)cc1C. The molecule has 0 fully saturated rings. The monoisotopic (exact) mass is 310 g/mol. The summed E-state index contributed by atoms with van der Waals surface area (Å²) in [5, 5.41) is 3.38. The summed E-state index contributed by atoms with van der Waals surface area (Å²) in [4.78, 5) is 3.87. The Balaban J connectivity index is 2.39. The van der Waals surface area contributed by atoms with Crippen molar-refractivity contribution < 1.29 is 4.74 Å². The van der Waals surface area contributed by atoms with Crippen molar-refractivity contribution in [1.29, 1.82) is 0 Å². The van der Waals surface area contributed by atoms with Gasteiger partial charge in [-0.2, -0.15) is 0 Å². The Morgan fingerprint density at radius 3 is 2.62 bits per heavy atom. The first-order valence-corrected chi connectivity index (χ1v) is 8.84. The predicted molar refractivity (Wildman–Crippen MR) is 93.3 cm³/mol. The topological polar surface area (TPSA) is 24.5 Å². The van der Waals surface area contributed by atoms with Gasteiger partial charge in [-0.3, -0.25) is 0 Å². The van der Waals surface area contributed by atoms with Crippen LogP contribution in [0, 0.1) is 6.92 Å². The number of rotatable bonds is 11. The second-order valence-electron chi connectivity index (χ2n) is 5.14. The molecule has 21 heavy (non-hydrogen) atoms. The van der Waals surface area contributed by atoms with Crippen molar-refractivity contribution in [3.63, 3.8) is 0 Å². The van der Waals surface area contributed by atoms with Gasteiger partial charge in [-0.15, -0.1) is 11.8 Å². The van der Waals surface area contributed by atoms with Gasteiger partial charge in [-0.25, -0.2) is 0 Å². The number of benzene rings is 1. The number of hydrogen-bond donors (Lipinski definition) is 1. The highest BCUT2D eigenvalue weighted by molar-refractivity contribution is 7.99. The van der Waals surface area contributed by atoms with E-state index < -0.39 is 0 Å². The third kappa shape index (κ3) is 7.32. The fraction of sp³-hybridized carbons (Fsp3) is 0.647. The number of ether oxygens (including phenoxy) is 1. The molecule has 0 saturated heterocycles. The predicted octanol–water partition coefficient (Wildman–Crippen LogP) is 3.16. The van der Waals surface area contributed by atoms with Gasteiger partial charge < -0.3 is 15.0 Å². The number of aryl methyl sites for hydroxylation is 1. The highest BCUT2D eigenvalue weighted by atomic mass is 32.2. The quantitative estimate of drug-likeness (QED) is 0.501. The standard InChI is InChI=1S/C17H30N2OS/c1-5-19(6-2)10-12-21-17-8-7-16(13-15(17)3)14-18-9-11-20-4/h7-8,13,18H,5-6,9-12,14H2,1-4H3. The van der Waals surface area contributed by atoms with Crippen LogP contribution in [0.4, 0.5) is 0 Å². The van der Waals surface area contributed by atoms with Crippen LogP contribution in [-0.4, -0.2) is 50.5 Å². The maximum Gasteiger partial charge on any atom is 0.0587 e. The zero-order valence-corrected chi connectivity index (χ0v) is 14.8. The lowest BCUT2D eigenvalue weighted by Gasteiger charge is -2.17. The van der Waals surface area contributed by atoms with E-state index in [2.05, 4.69) is 49.2 Å². The first-order valence-electron chi connectivity index (χ1n) is 7.85. The Bertz CT molecular complexity index is 394. The van der Waals surface area contributed by atoms with Gasteiger partial charge in [0, 0.05) is 37.4 Å². The lowest BCUT2D eigenvalue weighted by molar-refractivity contribution is 0.199. The molecule has 3 nitrogen and oxygen atoms in total. The molecule has 0 saturated carbocycles. The molecule has 1 aromatic carbocycles. The maximum atomic E-state index is 5.03. The third-order valence-corrected chi connectivity index (χ3v) is 4.77. The molecule has 1 aromatic rings. The van der Waals surface area contributed by atoms with E-state index in [0.29, 0.717) is 0 Å². The Morgan fingerprint density at radius 1 is 1.24 bits per heavy atom. The highest BCUT2D eigenvalue weighted by Crippen LogP contribution is 2.23. The molecule has 0 aliphatic heterocycles. The van der Waals surface area contributed by atoms with Crippen molar-refractivity contribution in [2.24, 2.45) is 0 Å². The Hall–Kier alpha value is -0.550. The minimum Gasteiger partial charge on any atom is -0.383 e. The fourth-order valence-electron chi connectivity index (χ4n) is 2.21. The number of hydrogen-bond acceptors (Lipinski definition) is 4. The molecule has 1 rings (SSSR count). The van der Waals surface area contributed by atoms with Crippen molar-refractivity contribution in [3.8, 4) is 0 Å². The zero-order chi connectivity index (χ0) is 15.5. The summed E-state index contributed by atoms with van der Waals surface area (Å²) in [6.07, 6.45) is 0. The van der Waals surface area contributed by atoms with E-state index in [-0.39, 0.29) is 0 Å². The van der Waals surface area contributed by atoms with E-state index in [0.717, 1.165) is 45.1 Å². The van der Waals surface area contributed by atoms with Crippen LogP contribution < -0.4 is 5.32 Å². The smallest absolute Gasteiger partial charge is 0.0587 e. The van der Waals surface area contributed by atoms with E-state index >= 15 is 0 Å². The van der Waals surface area contributed by atoms with Crippen molar-refractivity contribution in [3.05, 3.63) is 29.3 Å². The van der Waals surface area contributed by atoms with Crippen molar-refractivity contribution >= 4 is 11.8 Å². The van der Waals surface area contributed by atoms with E-state index in [1.54, 1.807) is 7.11 Å². The molecule has 0 amide bonds. The van der Waals surface area contributed by atoms with Crippen LogP contribution in [0.2, 0.25) is 0 Å². The molecule has 0 aliphatic rings. The number of thioether (sulfide) groups is 1. The molecule has 120 valence electrons. The van der Waals surface area contributed by atoms with Gasteiger partial charge in [0.25, 0.3) is 0 Å². The number of methoxy groups -OCH3 is 1. The van der Waals surface area contributed by atoms with E-state index in [4.69, 9.17) is 4.74 Å². The van der Waals surface area contributed by atoms with Gasteiger partial charge >= 0.3 is 0 Å². The van der Waals surface area contributed by atoms with E-state index in [9.17, 15) is 0 Å². The highest BCUT2D eigenvalue weighted by Gasteiger charge is 2.03. The normalized spacial score (nSPS) is 11.3. The second kappa shape index (κ2) is 11.1. The van der Waals surface area contributed by atoms with Crippen LogP contribution in [0.3, 0.4) is 0 Å². The minimum absolute atomic E-state index is 0.762. The van der Waals surface area contributed by atoms with Crippen molar-refractivity contribution in [2.45, 2.75) is 32.2 Å². The number of nitrogens with zero attached hydrogens (tertiary/aromatic N) is 1. The van der Waals surface area contributed by atoms with Crippen LogP contribution in [0.15, 0.2) is 23.1 Å². The molecule has 0 atom stereocenters. The zero-order valence-electron chi connectivity index (χ0n) is 13.9. The minimum atomic E-state index is 0.762. The summed E-state index contributed by atoms with van der Waals surface area (Å²) >= 11 is 1.96. The molecule has 4 heteroatoms. The summed E-state index contributed by atoms with van der Waals surface area (Å²) in [7, 11) is 1.73. The molecule has 0 aliphatic carbocycles. The van der Waals surface area contributed by atoms with Crippen LogP contribution in [0.25, 0.3) is 0 Å². The fourth-order valence-corrected chi connectivity index (χ4v) is 3.24. The summed E-state index contributed by atoms with van der Waals surface area (Å²) in [5.41, 5.74) is 2.72. The molecular formula is C17H30N2OS. The Kier molecular flexibility index (Phi) is 9.76. The maximum absolute atomic E-state index is 5.03. The first-order chi connectivity index (χ1) is 10.2. The van der Waals surface area contributed by atoms with Gasteiger partial charge in [0.15, 0.2) is 0 Å². The lowest BCUT2D eigenvalue weighted by atomic mass is 10.1. The molecular weight excluding hydrogens is 280 g/mol. The van der Waals surface area contributed by atoms with Gasteiger partial charge in [0.1, 0.15) is 0 Å². The summed E-state index contributed by atoms with van der Waals surface area (Å²) in [5.74, 6) is 1.16. The largest absolute Gasteiger partial charge is 0.383 e. The number of nitrogens with one attached hydrogen (secondary N) is 1. The summed E-state index contributed by atoms with van der Waals surface area (Å²) < 4.78 is 5.03. The third-order valence-electron chi connectivity index (χ3n) is 3.61. The average molecular weight is 311 g/mol. The van der Waals surface area contributed by atoms with Gasteiger partial charge in [0.2, 0.25) is 0 Å². The summed E-state index contributed by atoms with van der Waals surface area (Å²) in [6, 6.07) is 6.78. The Morgan fingerprint density at radius 2 is 2.00 bits per heavy atom. The summed E-state index contributed by atoms with van der Waals surface area (Å²) in [6.45, 7) is 12.7. The molecule has 0 aromatic heterocycles. The van der Waals surface area contributed by atoms with Gasteiger partial charge in [-0.1, -0.05) is 26.0 Å². The van der Waals surface area contributed by atoms with Crippen LogP contribution >= 0.6 is 11.8 Å². The lowest BCUT2D eigenvalue weighted by Crippen LogP contribution is -2.25. The van der Waals surface area contributed by atoms with Gasteiger partial charge in [-0.05, 0) is 37.2 Å². The van der Waals surface area contributed by atoms with Crippen LogP contribution in [0.1, 0.15) is 25.0 Å².